The highest BCUT2D eigenvalue weighted by atomic mass is 19.1. The molecule has 1 saturated carbocycles. The predicted molar refractivity (Wildman–Crippen MR) is 77.3 cm³/mol. The molecule has 1 aromatic carbocycles. The van der Waals surface area contributed by atoms with E-state index in [0.717, 1.165) is 19.4 Å². The van der Waals surface area contributed by atoms with Gasteiger partial charge in [0.25, 0.3) is 0 Å². The van der Waals surface area contributed by atoms with E-state index in [2.05, 4.69) is 5.32 Å². The van der Waals surface area contributed by atoms with Gasteiger partial charge in [-0.3, -0.25) is 0 Å². The molecule has 3 unspecified atom stereocenters. The van der Waals surface area contributed by atoms with Crippen molar-refractivity contribution >= 4 is 0 Å². The second-order valence-corrected chi connectivity index (χ2v) is 5.65. The molecule has 1 fully saturated rings. The molecule has 1 aromatic rings. The number of nitrogens with one attached hydrogen (secondary N) is 1. The lowest BCUT2D eigenvalue weighted by Crippen LogP contribution is -2.29. The molecule has 112 valence electrons. The third-order valence-corrected chi connectivity index (χ3v) is 4.41. The van der Waals surface area contributed by atoms with E-state index in [1.165, 1.54) is 19.6 Å². The maximum atomic E-state index is 14.0. The van der Waals surface area contributed by atoms with Crippen LogP contribution in [0, 0.1) is 17.7 Å². The summed E-state index contributed by atoms with van der Waals surface area (Å²) in [5.74, 6) is 1.20. The van der Waals surface area contributed by atoms with Gasteiger partial charge in [0.2, 0.25) is 0 Å². The van der Waals surface area contributed by atoms with E-state index in [1.54, 1.807) is 12.1 Å². The Morgan fingerprint density at radius 3 is 2.80 bits per heavy atom. The zero-order valence-electron chi connectivity index (χ0n) is 12.2. The average molecular weight is 281 g/mol. The Balaban J connectivity index is 1.93. The van der Waals surface area contributed by atoms with Crippen molar-refractivity contribution in [1.82, 2.24) is 5.32 Å². The first-order chi connectivity index (χ1) is 9.65. The van der Waals surface area contributed by atoms with Gasteiger partial charge in [-0.15, -0.1) is 0 Å². The van der Waals surface area contributed by atoms with Crippen LogP contribution in [0.4, 0.5) is 4.39 Å². The number of halogens is 1. The van der Waals surface area contributed by atoms with Crippen molar-refractivity contribution < 1.29 is 14.2 Å². The second kappa shape index (κ2) is 7.04. The summed E-state index contributed by atoms with van der Waals surface area (Å²) in [6, 6.07) is 4.92. The molecule has 1 aliphatic rings. The maximum Gasteiger partial charge on any atom is 0.131 e. The molecule has 2 N–H and O–H groups in total. The molecule has 3 nitrogen and oxygen atoms in total. The maximum absolute atomic E-state index is 14.0. The van der Waals surface area contributed by atoms with Gasteiger partial charge in [-0.2, -0.15) is 0 Å². The van der Waals surface area contributed by atoms with Crippen LogP contribution in [-0.4, -0.2) is 25.4 Å². The molecular weight excluding hydrogens is 257 g/mol. The summed E-state index contributed by atoms with van der Waals surface area (Å²) in [5.41, 5.74) is 0.657. The zero-order valence-corrected chi connectivity index (χ0v) is 12.2. The van der Waals surface area contributed by atoms with Gasteiger partial charge >= 0.3 is 0 Å². The van der Waals surface area contributed by atoms with Gasteiger partial charge in [0.05, 0.1) is 7.11 Å². The van der Waals surface area contributed by atoms with Crippen LogP contribution in [0.5, 0.6) is 5.75 Å². The Morgan fingerprint density at radius 2 is 2.15 bits per heavy atom. The second-order valence-electron chi connectivity index (χ2n) is 5.65. The fourth-order valence-electron chi connectivity index (χ4n) is 3.05. The highest BCUT2D eigenvalue weighted by Gasteiger charge is 2.26. The first kappa shape index (κ1) is 15.3. The molecule has 0 aromatic heterocycles. The fourth-order valence-corrected chi connectivity index (χ4v) is 3.05. The van der Waals surface area contributed by atoms with Crippen LogP contribution >= 0.6 is 0 Å². The van der Waals surface area contributed by atoms with Gasteiger partial charge in [0, 0.05) is 24.3 Å². The summed E-state index contributed by atoms with van der Waals surface area (Å²) in [6.07, 6.45) is 3.44. The lowest BCUT2D eigenvalue weighted by atomic mass is 9.96. The largest absolute Gasteiger partial charge is 0.497 e. The van der Waals surface area contributed by atoms with Crippen LogP contribution < -0.4 is 10.1 Å². The highest BCUT2D eigenvalue weighted by molar-refractivity contribution is 5.30. The summed E-state index contributed by atoms with van der Waals surface area (Å²) >= 11 is 0. The first-order valence-electron chi connectivity index (χ1n) is 7.33. The number of methoxy groups -OCH3 is 1. The molecule has 0 amide bonds. The van der Waals surface area contributed by atoms with Gasteiger partial charge in [0.15, 0.2) is 0 Å². The predicted octanol–water partition coefficient (Wildman–Crippen LogP) is 2.89. The molecule has 0 spiro atoms. The Morgan fingerprint density at radius 1 is 1.40 bits per heavy atom. The van der Waals surface area contributed by atoms with Crippen LogP contribution in [0.2, 0.25) is 0 Å². The van der Waals surface area contributed by atoms with Gasteiger partial charge in [0.1, 0.15) is 11.6 Å². The normalized spacial score (nSPS) is 23.8. The van der Waals surface area contributed by atoms with Gasteiger partial charge in [-0.25, -0.2) is 4.39 Å². The van der Waals surface area contributed by atoms with Crippen LogP contribution in [0.25, 0.3) is 0 Å². The van der Waals surface area contributed by atoms with Crippen LogP contribution in [0.3, 0.4) is 0 Å². The molecule has 0 radical (unpaired) electrons. The number of hydrogen-bond donors (Lipinski definition) is 2. The smallest absolute Gasteiger partial charge is 0.131 e. The van der Waals surface area contributed by atoms with E-state index in [4.69, 9.17) is 4.74 Å². The van der Waals surface area contributed by atoms with Gasteiger partial charge in [-0.1, -0.05) is 12.5 Å². The number of aliphatic hydroxyl groups is 1. The summed E-state index contributed by atoms with van der Waals surface area (Å²) in [5, 5.41) is 12.7. The molecule has 1 aliphatic carbocycles. The van der Waals surface area contributed by atoms with E-state index < -0.39 is 0 Å². The molecule has 4 heteroatoms. The van der Waals surface area contributed by atoms with Crippen molar-refractivity contribution in [2.24, 2.45) is 11.8 Å². The fraction of sp³-hybridized carbons (Fsp3) is 0.625. The monoisotopic (exact) mass is 281 g/mol. The summed E-state index contributed by atoms with van der Waals surface area (Å²) in [7, 11) is 1.53. The van der Waals surface area contributed by atoms with Gasteiger partial charge < -0.3 is 15.2 Å². The third-order valence-electron chi connectivity index (χ3n) is 4.41. The number of ether oxygens (including phenoxy) is 1. The van der Waals surface area contributed by atoms with Crippen molar-refractivity contribution in [3.05, 3.63) is 29.6 Å². The molecule has 20 heavy (non-hydrogen) atoms. The highest BCUT2D eigenvalue weighted by Crippen LogP contribution is 2.31. The van der Waals surface area contributed by atoms with E-state index in [-0.39, 0.29) is 18.5 Å². The minimum absolute atomic E-state index is 0.0409. The summed E-state index contributed by atoms with van der Waals surface area (Å²) in [4.78, 5) is 0. The van der Waals surface area contributed by atoms with Crippen molar-refractivity contribution in [3.63, 3.8) is 0 Å². The van der Waals surface area contributed by atoms with Crippen molar-refractivity contribution in [1.29, 1.82) is 0 Å². The molecule has 3 atom stereocenters. The summed E-state index contributed by atoms with van der Waals surface area (Å²) < 4.78 is 19.0. The number of benzene rings is 1. The van der Waals surface area contributed by atoms with Gasteiger partial charge in [-0.05, 0) is 44.2 Å². The van der Waals surface area contributed by atoms with E-state index >= 15 is 0 Å². The van der Waals surface area contributed by atoms with Crippen molar-refractivity contribution in [3.8, 4) is 5.75 Å². The van der Waals surface area contributed by atoms with Crippen molar-refractivity contribution in [2.45, 2.75) is 32.2 Å². The Labute approximate surface area is 120 Å². The molecule has 0 bridgehead atoms. The Kier molecular flexibility index (Phi) is 5.38. The minimum atomic E-state index is -0.241. The summed E-state index contributed by atoms with van der Waals surface area (Å²) in [6.45, 7) is 3.06. The lowest BCUT2D eigenvalue weighted by Gasteiger charge is -2.22. The number of rotatable bonds is 6. The minimum Gasteiger partial charge on any atom is -0.497 e. The van der Waals surface area contributed by atoms with E-state index in [0.29, 0.717) is 23.1 Å². The average Bonchev–Trinajstić information content (AvgIpc) is 2.92. The van der Waals surface area contributed by atoms with Crippen LogP contribution in [0.1, 0.15) is 37.8 Å². The van der Waals surface area contributed by atoms with Crippen LogP contribution in [0.15, 0.2) is 18.2 Å². The molecule has 2 rings (SSSR count). The lowest BCUT2D eigenvalue weighted by molar-refractivity contribution is 0.190. The van der Waals surface area contributed by atoms with E-state index in [1.807, 2.05) is 6.92 Å². The standard InChI is InChI=1S/C16H24FNO2/c1-11(15-7-6-14(20-2)8-16(15)17)18-9-12-4-3-5-13(12)10-19/h6-8,11-13,18-19H,3-5,9-10H2,1-2H3. The Hall–Kier alpha value is -1.13. The van der Waals surface area contributed by atoms with Crippen LogP contribution in [-0.2, 0) is 0 Å². The van der Waals surface area contributed by atoms with Crippen molar-refractivity contribution in [2.75, 3.05) is 20.3 Å². The molecule has 0 heterocycles. The van der Waals surface area contributed by atoms with E-state index in [9.17, 15) is 9.50 Å². The topological polar surface area (TPSA) is 41.5 Å². The SMILES string of the molecule is COc1ccc(C(C)NCC2CCCC2CO)c(F)c1. The molecule has 0 aliphatic heterocycles. The third kappa shape index (κ3) is 3.49. The number of hydrogen-bond acceptors (Lipinski definition) is 3. The Bertz CT molecular complexity index is 438. The molecular formula is C16H24FNO2. The zero-order chi connectivity index (χ0) is 14.5. The first-order valence-corrected chi connectivity index (χ1v) is 7.33. The number of aliphatic hydroxyl groups excluding tert-OH is 1. The molecule has 0 saturated heterocycles. The quantitative estimate of drug-likeness (QED) is 0.842.